The molecule has 114 valence electrons. The van der Waals surface area contributed by atoms with Gasteiger partial charge >= 0.3 is 6.03 Å². The molecular formula is C17H20N4O. The summed E-state index contributed by atoms with van der Waals surface area (Å²) in [6, 6.07) is 14.2. The van der Waals surface area contributed by atoms with E-state index in [0.29, 0.717) is 6.54 Å². The number of nitrogens with zero attached hydrogens (tertiary/aromatic N) is 2. The smallest absolute Gasteiger partial charge is 0.315 e. The minimum absolute atomic E-state index is 0.114. The van der Waals surface area contributed by atoms with Crippen LogP contribution in [0.2, 0.25) is 0 Å². The van der Waals surface area contributed by atoms with Gasteiger partial charge in [0, 0.05) is 43.8 Å². The molecule has 0 unspecified atom stereocenters. The molecule has 22 heavy (non-hydrogen) atoms. The van der Waals surface area contributed by atoms with Crippen molar-refractivity contribution in [2.24, 2.45) is 0 Å². The number of benzene rings is 1. The van der Waals surface area contributed by atoms with Gasteiger partial charge in [0.25, 0.3) is 0 Å². The zero-order valence-corrected chi connectivity index (χ0v) is 12.4. The molecule has 5 heteroatoms. The fraction of sp³-hybridized carbons (Fsp3) is 0.294. The Balaban J connectivity index is 1.45. The Kier molecular flexibility index (Phi) is 4.53. The van der Waals surface area contributed by atoms with E-state index >= 15 is 0 Å². The summed E-state index contributed by atoms with van der Waals surface area (Å²) >= 11 is 0. The number of aromatic nitrogens is 1. The van der Waals surface area contributed by atoms with Crippen LogP contribution in [0.25, 0.3) is 0 Å². The molecule has 2 amide bonds. The number of hydrogen-bond acceptors (Lipinski definition) is 3. The van der Waals surface area contributed by atoms with Gasteiger partial charge in [0.05, 0.1) is 0 Å². The Morgan fingerprint density at radius 1 is 1.18 bits per heavy atom. The molecule has 1 aliphatic rings. The van der Waals surface area contributed by atoms with Crippen LogP contribution in [0.4, 0.5) is 10.5 Å². The molecule has 1 fully saturated rings. The lowest BCUT2D eigenvalue weighted by atomic mass is 10.2. The highest BCUT2D eigenvalue weighted by molar-refractivity contribution is 5.74. The Bertz CT molecular complexity index is 603. The van der Waals surface area contributed by atoms with Crippen molar-refractivity contribution in [3.05, 3.63) is 60.4 Å². The van der Waals surface area contributed by atoms with Crippen LogP contribution in [0.5, 0.6) is 0 Å². The Morgan fingerprint density at radius 3 is 2.73 bits per heavy atom. The molecule has 2 heterocycles. The molecule has 2 aromatic rings. The Hall–Kier alpha value is -2.56. The van der Waals surface area contributed by atoms with Crippen LogP contribution < -0.4 is 15.5 Å². The number of amides is 2. The average Bonchev–Trinajstić information content (AvgIpc) is 3.03. The third-order valence-corrected chi connectivity index (χ3v) is 3.85. The summed E-state index contributed by atoms with van der Waals surface area (Å²) in [6.45, 7) is 2.34. The van der Waals surface area contributed by atoms with Crippen LogP contribution in [0.1, 0.15) is 12.0 Å². The van der Waals surface area contributed by atoms with Crippen molar-refractivity contribution in [1.29, 1.82) is 0 Å². The zero-order chi connectivity index (χ0) is 15.2. The summed E-state index contributed by atoms with van der Waals surface area (Å²) < 4.78 is 0. The number of hydrogen-bond donors (Lipinski definition) is 2. The molecule has 0 spiro atoms. The molecule has 0 saturated carbocycles. The molecule has 1 aromatic carbocycles. The summed E-state index contributed by atoms with van der Waals surface area (Å²) in [6.07, 6.45) is 4.42. The second-order valence-electron chi connectivity index (χ2n) is 5.45. The number of nitrogens with one attached hydrogen (secondary N) is 2. The first-order valence-electron chi connectivity index (χ1n) is 7.54. The van der Waals surface area contributed by atoms with E-state index in [0.717, 1.165) is 25.1 Å². The summed E-state index contributed by atoms with van der Waals surface area (Å²) in [4.78, 5) is 18.2. The van der Waals surface area contributed by atoms with Crippen LogP contribution in [-0.2, 0) is 6.54 Å². The minimum atomic E-state index is -0.114. The first-order valence-corrected chi connectivity index (χ1v) is 7.54. The van der Waals surface area contributed by atoms with Gasteiger partial charge in [0.2, 0.25) is 0 Å². The van der Waals surface area contributed by atoms with E-state index in [1.54, 1.807) is 12.4 Å². The Morgan fingerprint density at radius 2 is 1.95 bits per heavy atom. The molecule has 1 aromatic heterocycles. The van der Waals surface area contributed by atoms with E-state index in [-0.39, 0.29) is 12.1 Å². The molecule has 0 bridgehead atoms. The van der Waals surface area contributed by atoms with Crippen molar-refractivity contribution in [2.45, 2.75) is 19.0 Å². The predicted molar refractivity (Wildman–Crippen MR) is 86.7 cm³/mol. The number of carbonyl (C=O) groups is 1. The van der Waals surface area contributed by atoms with Crippen LogP contribution in [0.3, 0.4) is 0 Å². The van der Waals surface area contributed by atoms with Crippen molar-refractivity contribution in [2.75, 3.05) is 18.0 Å². The maximum Gasteiger partial charge on any atom is 0.315 e. The third kappa shape index (κ3) is 3.75. The van der Waals surface area contributed by atoms with E-state index < -0.39 is 0 Å². The van der Waals surface area contributed by atoms with Crippen LogP contribution >= 0.6 is 0 Å². The SMILES string of the molecule is O=C(NCc1ccncc1)N[C@H]1CCN(c2ccccc2)C1. The fourth-order valence-electron chi connectivity index (χ4n) is 2.67. The van der Waals surface area contributed by atoms with Crippen molar-refractivity contribution in [1.82, 2.24) is 15.6 Å². The molecule has 5 nitrogen and oxygen atoms in total. The molecule has 1 aliphatic heterocycles. The summed E-state index contributed by atoms with van der Waals surface area (Å²) in [5, 5.41) is 5.93. The predicted octanol–water partition coefficient (Wildman–Crippen LogP) is 2.16. The highest BCUT2D eigenvalue weighted by atomic mass is 16.2. The maximum atomic E-state index is 12.0. The fourth-order valence-corrected chi connectivity index (χ4v) is 2.67. The van der Waals surface area contributed by atoms with Crippen molar-refractivity contribution < 1.29 is 4.79 Å². The quantitative estimate of drug-likeness (QED) is 0.909. The third-order valence-electron chi connectivity index (χ3n) is 3.85. The molecular weight excluding hydrogens is 276 g/mol. The maximum absolute atomic E-state index is 12.0. The standard InChI is InChI=1S/C17H20N4O/c22-17(19-12-14-6-9-18-10-7-14)20-15-8-11-21(13-15)16-4-2-1-3-5-16/h1-7,9-10,15H,8,11-13H2,(H2,19,20,22)/t15-/m0/s1. The van der Waals surface area contributed by atoms with E-state index in [2.05, 4.69) is 32.7 Å². The van der Waals surface area contributed by atoms with Crippen molar-refractivity contribution in [3.63, 3.8) is 0 Å². The van der Waals surface area contributed by atoms with E-state index in [1.807, 2.05) is 30.3 Å². The number of urea groups is 1. The van der Waals surface area contributed by atoms with E-state index in [4.69, 9.17) is 0 Å². The van der Waals surface area contributed by atoms with Crippen molar-refractivity contribution >= 4 is 11.7 Å². The summed E-state index contributed by atoms with van der Waals surface area (Å²) in [5.41, 5.74) is 2.26. The van der Waals surface area contributed by atoms with Crippen LogP contribution in [0, 0.1) is 0 Å². The summed E-state index contributed by atoms with van der Waals surface area (Å²) in [5.74, 6) is 0. The first kappa shape index (κ1) is 14.4. The number of para-hydroxylation sites is 1. The van der Waals surface area contributed by atoms with E-state index in [1.165, 1.54) is 5.69 Å². The topological polar surface area (TPSA) is 57.3 Å². The minimum Gasteiger partial charge on any atom is -0.369 e. The zero-order valence-electron chi connectivity index (χ0n) is 12.4. The van der Waals surface area contributed by atoms with Gasteiger partial charge in [-0.05, 0) is 36.2 Å². The monoisotopic (exact) mass is 296 g/mol. The van der Waals surface area contributed by atoms with E-state index in [9.17, 15) is 4.79 Å². The molecule has 3 rings (SSSR count). The van der Waals surface area contributed by atoms with Gasteiger partial charge in [-0.1, -0.05) is 18.2 Å². The van der Waals surface area contributed by atoms with Gasteiger partial charge in [-0.2, -0.15) is 0 Å². The molecule has 0 aliphatic carbocycles. The van der Waals surface area contributed by atoms with Crippen LogP contribution in [-0.4, -0.2) is 30.1 Å². The first-order chi connectivity index (χ1) is 10.8. The average molecular weight is 296 g/mol. The normalized spacial score (nSPS) is 17.3. The van der Waals surface area contributed by atoms with Crippen LogP contribution in [0.15, 0.2) is 54.9 Å². The molecule has 1 saturated heterocycles. The molecule has 1 atom stereocenters. The highest BCUT2D eigenvalue weighted by Crippen LogP contribution is 2.19. The number of rotatable bonds is 4. The van der Waals surface area contributed by atoms with Gasteiger partial charge in [0.15, 0.2) is 0 Å². The van der Waals surface area contributed by atoms with Crippen molar-refractivity contribution in [3.8, 4) is 0 Å². The lowest BCUT2D eigenvalue weighted by Gasteiger charge is -2.19. The van der Waals surface area contributed by atoms with Gasteiger partial charge in [-0.15, -0.1) is 0 Å². The number of pyridine rings is 1. The summed E-state index contributed by atoms with van der Waals surface area (Å²) in [7, 11) is 0. The van der Waals surface area contributed by atoms with Gasteiger partial charge in [-0.25, -0.2) is 4.79 Å². The second-order valence-corrected chi connectivity index (χ2v) is 5.45. The lowest BCUT2D eigenvalue weighted by Crippen LogP contribution is -2.43. The van der Waals surface area contributed by atoms with Gasteiger partial charge < -0.3 is 15.5 Å². The highest BCUT2D eigenvalue weighted by Gasteiger charge is 2.23. The second kappa shape index (κ2) is 6.93. The Labute approximate surface area is 130 Å². The molecule has 0 radical (unpaired) electrons. The van der Waals surface area contributed by atoms with Gasteiger partial charge in [-0.3, -0.25) is 4.98 Å². The molecule has 2 N–H and O–H groups in total. The largest absolute Gasteiger partial charge is 0.369 e. The number of anilines is 1. The van der Waals surface area contributed by atoms with Gasteiger partial charge in [0.1, 0.15) is 0 Å². The number of carbonyl (C=O) groups excluding carboxylic acids is 1. The lowest BCUT2D eigenvalue weighted by molar-refractivity contribution is 0.237.